The van der Waals surface area contributed by atoms with Gasteiger partial charge < -0.3 is 4.74 Å². The molecule has 3 N–H and O–H groups in total. The summed E-state index contributed by atoms with van der Waals surface area (Å²) >= 11 is 3.29. The maximum atomic E-state index is 13.5. The number of hydrazine groups is 1. The maximum absolute atomic E-state index is 13.5. The monoisotopic (exact) mass is 276 g/mol. The van der Waals surface area contributed by atoms with Gasteiger partial charge in [-0.05, 0) is 25.1 Å². The Morgan fingerprint density at radius 3 is 2.73 bits per heavy atom. The number of halogens is 2. The lowest BCUT2D eigenvalue weighted by molar-refractivity contribution is 0.0818. The van der Waals surface area contributed by atoms with Gasteiger partial charge in [0.05, 0.1) is 12.1 Å². The van der Waals surface area contributed by atoms with Crippen molar-refractivity contribution in [2.75, 3.05) is 7.11 Å². The third-order valence-electron chi connectivity index (χ3n) is 2.31. The Balaban J connectivity index is 3.05. The van der Waals surface area contributed by atoms with E-state index in [1.165, 1.54) is 6.07 Å². The highest BCUT2D eigenvalue weighted by molar-refractivity contribution is 9.10. The van der Waals surface area contributed by atoms with Crippen molar-refractivity contribution in [2.24, 2.45) is 5.84 Å². The van der Waals surface area contributed by atoms with Crippen molar-refractivity contribution < 1.29 is 9.13 Å². The van der Waals surface area contributed by atoms with Gasteiger partial charge in [0.2, 0.25) is 0 Å². The quantitative estimate of drug-likeness (QED) is 0.654. The summed E-state index contributed by atoms with van der Waals surface area (Å²) in [6, 6.07) is 4.36. The highest BCUT2D eigenvalue weighted by atomic mass is 79.9. The fourth-order valence-electron chi connectivity index (χ4n) is 1.37. The fraction of sp³-hybridized carbons (Fsp3) is 0.400. The molecule has 2 unspecified atom stereocenters. The Bertz CT molecular complexity index is 335. The van der Waals surface area contributed by atoms with Crippen molar-refractivity contribution in [3.63, 3.8) is 0 Å². The Morgan fingerprint density at radius 1 is 1.53 bits per heavy atom. The van der Waals surface area contributed by atoms with Gasteiger partial charge in [-0.2, -0.15) is 0 Å². The molecule has 0 aliphatic rings. The number of rotatable bonds is 4. The van der Waals surface area contributed by atoms with E-state index in [1.54, 1.807) is 19.2 Å². The summed E-state index contributed by atoms with van der Waals surface area (Å²) in [7, 11) is 1.56. The summed E-state index contributed by atoms with van der Waals surface area (Å²) in [5, 5.41) is 0. The van der Waals surface area contributed by atoms with Crippen LogP contribution in [0.5, 0.6) is 0 Å². The van der Waals surface area contributed by atoms with Crippen molar-refractivity contribution in [3.8, 4) is 0 Å². The van der Waals surface area contributed by atoms with Crippen LogP contribution < -0.4 is 11.3 Å². The number of hydrogen-bond donors (Lipinski definition) is 2. The van der Waals surface area contributed by atoms with Crippen LogP contribution in [0.15, 0.2) is 22.7 Å². The highest BCUT2D eigenvalue weighted by Gasteiger charge is 2.21. The molecule has 1 aromatic rings. The van der Waals surface area contributed by atoms with Gasteiger partial charge in [0.15, 0.2) is 0 Å². The van der Waals surface area contributed by atoms with E-state index >= 15 is 0 Å². The van der Waals surface area contributed by atoms with E-state index in [9.17, 15) is 4.39 Å². The summed E-state index contributed by atoms with van der Waals surface area (Å²) in [5.41, 5.74) is 3.04. The number of nitrogens with one attached hydrogen (secondary N) is 1. The molecule has 0 saturated carbocycles. The molecule has 0 aliphatic heterocycles. The van der Waals surface area contributed by atoms with Crippen molar-refractivity contribution in [1.82, 2.24) is 5.43 Å². The number of nitrogens with two attached hydrogens (primary N) is 1. The van der Waals surface area contributed by atoms with Gasteiger partial charge in [0.1, 0.15) is 5.82 Å². The minimum Gasteiger partial charge on any atom is -0.380 e. The first kappa shape index (κ1) is 12.6. The lowest BCUT2D eigenvalue weighted by Crippen LogP contribution is -2.36. The normalized spacial score (nSPS) is 15.0. The summed E-state index contributed by atoms with van der Waals surface area (Å²) < 4.78 is 19.5. The van der Waals surface area contributed by atoms with Crippen LogP contribution in [0.3, 0.4) is 0 Å². The minimum atomic E-state index is -0.368. The molecular formula is C10H14BrFN2O. The van der Waals surface area contributed by atoms with E-state index in [0.29, 0.717) is 5.56 Å². The Hall–Kier alpha value is -0.490. The van der Waals surface area contributed by atoms with Gasteiger partial charge in [-0.25, -0.2) is 4.39 Å². The zero-order valence-electron chi connectivity index (χ0n) is 8.63. The van der Waals surface area contributed by atoms with Crippen LogP contribution >= 0.6 is 15.9 Å². The highest BCUT2D eigenvalue weighted by Crippen LogP contribution is 2.24. The molecule has 0 radical (unpaired) electrons. The third kappa shape index (κ3) is 2.98. The largest absolute Gasteiger partial charge is 0.380 e. The van der Waals surface area contributed by atoms with Crippen molar-refractivity contribution >= 4 is 15.9 Å². The van der Waals surface area contributed by atoms with E-state index in [4.69, 9.17) is 10.6 Å². The Kier molecular flexibility index (Phi) is 4.66. The van der Waals surface area contributed by atoms with Crippen molar-refractivity contribution in [2.45, 2.75) is 19.1 Å². The van der Waals surface area contributed by atoms with E-state index < -0.39 is 0 Å². The summed E-state index contributed by atoms with van der Waals surface area (Å²) in [6.45, 7) is 1.82. The molecule has 1 aromatic carbocycles. The fourth-order valence-corrected chi connectivity index (χ4v) is 1.75. The minimum absolute atomic E-state index is 0.209. The first-order valence-corrected chi connectivity index (χ1v) is 5.33. The maximum Gasteiger partial charge on any atom is 0.128 e. The Morgan fingerprint density at radius 2 is 2.20 bits per heavy atom. The topological polar surface area (TPSA) is 47.3 Å². The van der Waals surface area contributed by atoms with Crippen LogP contribution in [0.2, 0.25) is 0 Å². The van der Waals surface area contributed by atoms with Gasteiger partial charge in [-0.1, -0.05) is 15.9 Å². The van der Waals surface area contributed by atoms with Gasteiger partial charge in [0.25, 0.3) is 0 Å². The number of hydrogen-bond acceptors (Lipinski definition) is 3. The van der Waals surface area contributed by atoms with E-state index in [0.717, 1.165) is 4.47 Å². The van der Waals surface area contributed by atoms with Crippen LogP contribution in [0, 0.1) is 5.82 Å². The molecule has 0 aromatic heterocycles. The van der Waals surface area contributed by atoms with Crippen molar-refractivity contribution in [1.29, 1.82) is 0 Å². The van der Waals surface area contributed by atoms with Gasteiger partial charge in [-0.3, -0.25) is 11.3 Å². The summed E-state index contributed by atoms with van der Waals surface area (Å²) in [5.74, 6) is 5.09. The molecule has 0 amide bonds. The molecule has 0 heterocycles. The van der Waals surface area contributed by atoms with Crippen LogP contribution in [-0.2, 0) is 4.74 Å². The van der Waals surface area contributed by atoms with E-state index in [-0.39, 0.29) is 18.0 Å². The molecule has 0 saturated heterocycles. The molecule has 1 rings (SSSR count). The molecule has 2 atom stereocenters. The molecule has 0 spiro atoms. The van der Waals surface area contributed by atoms with Crippen LogP contribution in [0.4, 0.5) is 4.39 Å². The molecule has 3 nitrogen and oxygen atoms in total. The smallest absolute Gasteiger partial charge is 0.128 e. The van der Waals surface area contributed by atoms with E-state index in [1.807, 2.05) is 6.92 Å². The average Bonchev–Trinajstić information content (AvgIpc) is 2.23. The van der Waals surface area contributed by atoms with Crippen LogP contribution in [0.1, 0.15) is 18.5 Å². The summed E-state index contributed by atoms with van der Waals surface area (Å²) in [6.07, 6.45) is -0.209. The predicted molar refractivity (Wildman–Crippen MR) is 60.6 cm³/mol. The first-order valence-electron chi connectivity index (χ1n) is 4.54. The molecule has 0 bridgehead atoms. The standard InChI is InChI=1S/C10H14BrFN2O/c1-6(15-2)10(14-13)8-5-7(11)3-4-9(8)12/h3-6,10,14H,13H2,1-2H3. The van der Waals surface area contributed by atoms with Crippen LogP contribution in [0.25, 0.3) is 0 Å². The second-order valence-electron chi connectivity index (χ2n) is 3.25. The van der Waals surface area contributed by atoms with Gasteiger partial charge >= 0.3 is 0 Å². The zero-order valence-corrected chi connectivity index (χ0v) is 10.2. The number of ether oxygens (including phenoxy) is 1. The van der Waals surface area contributed by atoms with Gasteiger partial charge in [-0.15, -0.1) is 0 Å². The first-order chi connectivity index (χ1) is 7.10. The molecule has 0 fully saturated rings. The summed E-state index contributed by atoms with van der Waals surface area (Å²) in [4.78, 5) is 0. The number of methoxy groups -OCH3 is 1. The number of benzene rings is 1. The van der Waals surface area contributed by atoms with Gasteiger partial charge in [0, 0.05) is 17.1 Å². The Labute approximate surface area is 96.9 Å². The predicted octanol–water partition coefficient (Wildman–Crippen LogP) is 2.13. The molecule has 0 aliphatic carbocycles. The zero-order chi connectivity index (χ0) is 11.4. The molecule has 84 valence electrons. The molecule has 15 heavy (non-hydrogen) atoms. The second kappa shape index (κ2) is 5.55. The van der Waals surface area contributed by atoms with Crippen LogP contribution in [-0.4, -0.2) is 13.2 Å². The average molecular weight is 277 g/mol. The lowest BCUT2D eigenvalue weighted by Gasteiger charge is -2.22. The van der Waals surface area contributed by atoms with Crippen molar-refractivity contribution in [3.05, 3.63) is 34.1 Å². The van der Waals surface area contributed by atoms with E-state index in [2.05, 4.69) is 21.4 Å². The molecular weight excluding hydrogens is 263 g/mol. The third-order valence-corrected chi connectivity index (χ3v) is 2.81. The SMILES string of the molecule is COC(C)C(NN)c1cc(Br)ccc1F. The lowest BCUT2D eigenvalue weighted by atomic mass is 10.0. The molecule has 5 heteroatoms. The second-order valence-corrected chi connectivity index (χ2v) is 4.17.